The van der Waals surface area contributed by atoms with Gasteiger partial charge in [-0.1, -0.05) is 13.8 Å². The Morgan fingerprint density at radius 2 is 1.75 bits per heavy atom. The van der Waals surface area contributed by atoms with Crippen molar-refractivity contribution in [3.05, 3.63) is 0 Å². The molecule has 0 fully saturated rings. The molecule has 0 aliphatic rings. The number of carboxylic acid groups (broad SMARTS) is 1. The minimum Gasteiger partial charge on any atom is -0.480 e. The van der Waals surface area contributed by atoms with Gasteiger partial charge >= 0.3 is 12.0 Å². The highest BCUT2D eigenvalue weighted by atomic mass is 16.4. The summed E-state index contributed by atoms with van der Waals surface area (Å²) in [5.74, 6) is -0.740. The minimum atomic E-state index is -1.22. The molecule has 118 valence electrons. The molecule has 0 aliphatic carbocycles. The highest BCUT2D eigenvalue weighted by Gasteiger charge is 2.37. The number of hydrogen-bond acceptors (Lipinski definition) is 3. The number of carbonyl (C=O) groups is 2. The summed E-state index contributed by atoms with van der Waals surface area (Å²) in [7, 11) is 3.89. The van der Waals surface area contributed by atoms with Gasteiger partial charge in [-0.05, 0) is 40.8 Å². The Kier molecular flexibility index (Phi) is 6.99. The minimum absolute atomic E-state index is 0.0175. The number of nitrogens with zero attached hydrogens (tertiary/aromatic N) is 2. The molecule has 0 aromatic rings. The molecule has 0 saturated carbocycles. The van der Waals surface area contributed by atoms with Gasteiger partial charge in [0.25, 0.3) is 0 Å². The molecular weight excluding hydrogens is 258 g/mol. The third kappa shape index (κ3) is 5.00. The van der Waals surface area contributed by atoms with Crippen LogP contribution < -0.4 is 5.32 Å². The lowest BCUT2D eigenvalue weighted by Gasteiger charge is -2.36. The van der Waals surface area contributed by atoms with Gasteiger partial charge in [0.2, 0.25) is 0 Å². The standard InChI is InChI=1S/C14H29N3O3/c1-8-17(14(4,5)12(18)19)13(20)15-11(10(2)3)9-16(6)7/h10-11H,8-9H2,1-7H3,(H,15,20)(H,18,19). The van der Waals surface area contributed by atoms with Crippen LogP contribution in [0, 0.1) is 5.92 Å². The van der Waals surface area contributed by atoms with E-state index in [-0.39, 0.29) is 18.0 Å². The van der Waals surface area contributed by atoms with E-state index in [1.807, 2.05) is 32.8 Å². The number of urea groups is 1. The van der Waals surface area contributed by atoms with Crippen molar-refractivity contribution >= 4 is 12.0 Å². The highest BCUT2D eigenvalue weighted by molar-refractivity contribution is 5.85. The van der Waals surface area contributed by atoms with Crippen molar-refractivity contribution in [1.29, 1.82) is 0 Å². The van der Waals surface area contributed by atoms with E-state index in [0.29, 0.717) is 13.1 Å². The number of amides is 2. The Labute approximate surface area is 122 Å². The molecule has 20 heavy (non-hydrogen) atoms. The Balaban J connectivity index is 4.97. The van der Waals surface area contributed by atoms with E-state index in [1.54, 1.807) is 6.92 Å². The monoisotopic (exact) mass is 287 g/mol. The summed E-state index contributed by atoms with van der Waals surface area (Å²) in [6.07, 6.45) is 0. The van der Waals surface area contributed by atoms with Crippen molar-refractivity contribution in [2.75, 3.05) is 27.2 Å². The second-order valence-electron chi connectivity index (χ2n) is 6.17. The number of hydrogen-bond donors (Lipinski definition) is 2. The normalized spacial score (nSPS) is 13.4. The fourth-order valence-corrected chi connectivity index (χ4v) is 1.96. The molecule has 0 bridgehead atoms. The van der Waals surface area contributed by atoms with E-state index >= 15 is 0 Å². The van der Waals surface area contributed by atoms with Gasteiger partial charge in [0, 0.05) is 19.1 Å². The first-order valence-electron chi connectivity index (χ1n) is 7.00. The summed E-state index contributed by atoms with van der Waals surface area (Å²) < 4.78 is 0. The lowest BCUT2D eigenvalue weighted by Crippen LogP contribution is -2.59. The first kappa shape index (κ1) is 18.7. The van der Waals surface area contributed by atoms with Crippen molar-refractivity contribution in [2.24, 2.45) is 5.92 Å². The van der Waals surface area contributed by atoms with Crippen LogP contribution in [0.25, 0.3) is 0 Å². The third-order valence-corrected chi connectivity index (χ3v) is 3.44. The summed E-state index contributed by atoms with van der Waals surface area (Å²) in [6.45, 7) is 9.98. The van der Waals surface area contributed by atoms with Crippen LogP contribution >= 0.6 is 0 Å². The number of rotatable bonds is 7. The van der Waals surface area contributed by atoms with E-state index in [0.717, 1.165) is 0 Å². The summed E-state index contributed by atoms with van der Waals surface area (Å²) in [6, 6.07) is -0.350. The molecule has 6 nitrogen and oxygen atoms in total. The van der Waals surface area contributed by atoms with Crippen molar-refractivity contribution in [1.82, 2.24) is 15.1 Å². The van der Waals surface area contributed by atoms with Gasteiger partial charge in [0.05, 0.1) is 0 Å². The summed E-state index contributed by atoms with van der Waals surface area (Å²) in [5, 5.41) is 12.2. The molecule has 0 spiro atoms. The first-order valence-corrected chi connectivity index (χ1v) is 7.00. The number of likely N-dealkylation sites (N-methyl/N-ethyl adjacent to an activating group) is 2. The van der Waals surface area contributed by atoms with Crippen molar-refractivity contribution in [3.63, 3.8) is 0 Å². The highest BCUT2D eigenvalue weighted by Crippen LogP contribution is 2.15. The summed E-state index contributed by atoms with van der Waals surface area (Å²) >= 11 is 0. The average molecular weight is 287 g/mol. The molecule has 2 N–H and O–H groups in total. The number of aliphatic carboxylic acids is 1. The largest absolute Gasteiger partial charge is 0.480 e. The van der Waals surface area contributed by atoms with E-state index in [9.17, 15) is 14.7 Å². The molecule has 0 heterocycles. The van der Waals surface area contributed by atoms with Crippen LogP contribution in [0.15, 0.2) is 0 Å². The Morgan fingerprint density at radius 1 is 1.25 bits per heavy atom. The molecular formula is C14H29N3O3. The lowest BCUT2D eigenvalue weighted by atomic mass is 10.0. The maximum atomic E-state index is 12.4. The Hall–Kier alpha value is -1.30. The summed E-state index contributed by atoms with van der Waals surface area (Å²) in [5.41, 5.74) is -1.22. The van der Waals surface area contributed by atoms with Gasteiger partial charge in [-0.15, -0.1) is 0 Å². The number of carboxylic acids is 1. The molecule has 0 rings (SSSR count). The smallest absolute Gasteiger partial charge is 0.329 e. The molecule has 2 amide bonds. The van der Waals surface area contributed by atoms with Crippen LogP contribution in [-0.2, 0) is 4.79 Å². The molecule has 1 atom stereocenters. The van der Waals surface area contributed by atoms with E-state index in [1.165, 1.54) is 18.7 Å². The van der Waals surface area contributed by atoms with Crippen LogP contribution in [0.3, 0.4) is 0 Å². The fraction of sp³-hybridized carbons (Fsp3) is 0.857. The molecule has 6 heteroatoms. The van der Waals surface area contributed by atoms with Crippen LogP contribution in [0.1, 0.15) is 34.6 Å². The average Bonchev–Trinajstić information content (AvgIpc) is 2.27. The van der Waals surface area contributed by atoms with Crippen molar-refractivity contribution in [2.45, 2.75) is 46.2 Å². The maximum Gasteiger partial charge on any atom is 0.329 e. The number of nitrogens with one attached hydrogen (secondary N) is 1. The number of carbonyl (C=O) groups excluding carboxylic acids is 1. The fourth-order valence-electron chi connectivity index (χ4n) is 1.96. The molecule has 0 aliphatic heterocycles. The van der Waals surface area contributed by atoms with Crippen LogP contribution in [0.2, 0.25) is 0 Å². The van der Waals surface area contributed by atoms with E-state index in [2.05, 4.69) is 5.32 Å². The topological polar surface area (TPSA) is 72.9 Å². The lowest BCUT2D eigenvalue weighted by molar-refractivity contribution is -0.147. The van der Waals surface area contributed by atoms with Gasteiger partial charge in [-0.25, -0.2) is 9.59 Å². The maximum absolute atomic E-state index is 12.4. The van der Waals surface area contributed by atoms with Gasteiger partial charge < -0.3 is 20.2 Å². The molecule has 0 radical (unpaired) electrons. The zero-order chi connectivity index (χ0) is 16.1. The SMILES string of the molecule is CCN(C(=O)NC(CN(C)C)C(C)C)C(C)(C)C(=O)O. The van der Waals surface area contributed by atoms with E-state index in [4.69, 9.17) is 0 Å². The van der Waals surface area contributed by atoms with E-state index < -0.39 is 11.5 Å². The zero-order valence-electron chi connectivity index (χ0n) is 13.7. The van der Waals surface area contributed by atoms with Crippen molar-refractivity contribution in [3.8, 4) is 0 Å². The molecule has 0 saturated heterocycles. The second-order valence-corrected chi connectivity index (χ2v) is 6.17. The second kappa shape index (κ2) is 7.47. The van der Waals surface area contributed by atoms with Crippen LogP contribution in [0.5, 0.6) is 0 Å². The molecule has 1 unspecified atom stereocenters. The van der Waals surface area contributed by atoms with Crippen molar-refractivity contribution < 1.29 is 14.7 Å². The van der Waals surface area contributed by atoms with Crippen LogP contribution in [0.4, 0.5) is 4.79 Å². The Bertz CT molecular complexity index is 341. The predicted octanol–water partition coefficient (Wildman–Crippen LogP) is 1.47. The van der Waals surface area contributed by atoms with Gasteiger partial charge in [0.1, 0.15) is 5.54 Å². The quantitative estimate of drug-likeness (QED) is 0.743. The van der Waals surface area contributed by atoms with Gasteiger partial charge in [-0.3, -0.25) is 0 Å². The Morgan fingerprint density at radius 3 is 2.05 bits per heavy atom. The molecule has 0 aromatic heterocycles. The van der Waals surface area contributed by atoms with Gasteiger partial charge in [-0.2, -0.15) is 0 Å². The third-order valence-electron chi connectivity index (χ3n) is 3.44. The first-order chi connectivity index (χ1) is 9.03. The van der Waals surface area contributed by atoms with Crippen LogP contribution in [-0.4, -0.2) is 65.7 Å². The predicted molar refractivity (Wildman–Crippen MR) is 79.8 cm³/mol. The zero-order valence-corrected chi connectivity index (χ0v) is 13.7. The van der Waals surface area contributed by atoms with Gasteiger partial charge in [0.15, 0.2) is 0 Å². The summed E-state index contributed by atoms with van der Waals surface area (Å²) in [4.78, 5) is 27.0. The molecule has 0 aromatic carbocycles.